The lowest BCUT2D eigenvalue weighted by molar-refractivity contribution is 1.07. The van der Waals surface area contributed by atoms with E-state index in [2.05, 4.69) is 180 Å². The third kappa shape index (κ3) is 5.25. The number of thiophene rings is 1. The molecule has 0 amide bonds. The standard InChI is InChI=1S/C53H32N4S/c1-3-13-34(14-4-1)51-54-52(56-53(55-51)38-27-28-46-44(31-38)42-19-9-11-21-45(42)57(46)40-16-5-2-6-17-40)37-26-24-33-23-25-36(29-39(33)30-37)49-41-18-8-7-15-35(41)32-48-50(49)43-20-10-12-22-47(43)58-48/h1-32H. The van der Waals surface area contributed by atoms with Gasteiger partial charge in [0.1, 0.15) is 0 Å². The van der Waals surface area contributed by atoms with E-state index in [1.807, 2.05) is 29.5 Å². The van der Waals surface area contributed by atoms with Crippen LogP contribution in [0.2, 0.25) is 0 Å². The van der Waals surface area contributed by atoms with E-state index in [4.69, 9.17) is 15.0 Å². The minimum atomic E-state index is 0.638. The van der Waals surface area contributed by atoms with Crippen LogP contribution in [0, 0.1) is 0 Å². The van der Waals surface area contributed by atoms with Crippen LogP contribution in [0.15, 0.2) is 194 Å². The number of para-hydroxylation sites is 2. The fraction of sp³-hybridized carbons (Fsp3) is 0. The van der Waals surface area contributed by atoms with Crippen molar-refractivity contribution in [1.29, 1.82) is 0 Å². The molecule has 12 rings (SSSR count). The van der Waals surface area contributed by atoms with Gasteiger partial charge in [-0.05, 0) is 93.3 Å². The van der Waals surface area contributed by atoms with Gasteiger partial charge in [-0.25, -0.2) is 15.0 Å². The molecule has 0 saturated heterocycles. The van der Waals surface area contributed by atoms with Gasteiger partial charge < -0.3 is 4.57 Å². The first-order valence-electron chi connectivity index (χ1n) is 19.5. The molecule has 3 heterocycles. The molecule has 0 unspecified atom stereocenters. The molecule has 58 heavy (non-hydrogen) atoms. The van der Waals surface area contributed by atoms with E-state index in [1.165, 1.54) is 47.5 Å². The van der Waals surface area contributed by atoms with E-state index in [-0.39, 0.29) is 0 Å². The summed E-state index contributed by atoms with van der Waals surface area (Å²) in [6, 6.07) is 69.2. The lowest BCUT2D eigenvalue weighted by Crippen LogP contribution is -2.00. The van der Waals surface area contributed by atoms with Crippen LogP contribution in [-0.2, 0) is 0 Å². The van der Waals surface area contributed by atoms with Gasteiger partial charge in [0, 0.05) is 53.3 Å². The molecule has 0 N–H and O–H groups in total. The monoisotopic (exact) mass is 756 g/mol. The molecule has 270 valence electrons. The van der Waals surface area contributed by atoms with Crippen molar-refractivity contribution in [2.75, 3.05) is 0 Å². The molecule has 0 aliphatic rings. The third-order valence-corrected chi connectivity index (χ3v) is 12.5. The zero-order chi connectivity index (χ0) is 38.2. The second-order valence-corrected chi connectivity index (χ2v) is 15.9. The van der Waals surface area contributed by atoms with Gasteiger partial charge in [0.15, 0.2) is 17.5 Å². The lowest BCUT2D eigenvalue weighted by Gasteiger charge is -2.12. The van der Waals surface area contributed by atoms with Crippen molar-refractivity contribution >= 4 is 74.9 Å². The molecule has 0 radical (unpaired) electrons. The summed E-state index contributed by atoms with van der Waals surface area (Å²) in [7, 11) is 0. The Labute approximate surface area is 338 Å². The van der Waals surface area contributed by atoms with Gasteiger partial charge in [0.2, 0.25) is 0 Å². The van der Waals surface area contributed by atoms with Gasteiger partial charge >= 0.3 is 0 Å². The molecule has 0 aliphatic carbocycles. The Bertz CT molecular complexity index is 3570. The van der Waals surface area contributed by atoms with Crippen molar-refractivity contribution in [2.24, 2.45) is 0 Å². The maximum atomic E-state index is 5.22. The second-order valence-electron chi connectivity index (χ2n) is 14.8. The van der Waals surface area contributed by atoms with E-state index < -0.39 is 0 Å². The van der Waals surface area contributed by atoms with Gasteiger partial charge in [0.05, 0.1) is 11.0 Å². The molecule has 0 fully saturated rings. The Balaban J connectivity index is 1.04. The molecule has 0 bridgehead atoms. The zero-order valence-electron chi connectivity index (χ0n) is 31.2. The average Bonchev–Trinajstić information content (AvgIpc) is 3.83. The molecular weight excluding hydrogens is 725 g/mol. The van der Waals surface area contributed by atoms with Crippen LogP contribution in [0.1, 0.15) is 0 Å². The van der Waals surface area contributed by atoms with E-state index in [1.54, 1.807) is 0 Å². The molecule has 4 nitrogen and oxygen atoms in total. The molecule has 0 spiro atoms. The summed E-state index contributed by atoms with van der Waals surface area (Å²) >= 11 is 1.86. The highest BCUT2D eigenvalue weighted by atomic mass is 32.1. The van der Waals surface area contributed by atoms with Gasteiger partial charge in [-0.1, -0.05) is 133 Å². The van der Waals surface area contributed by atoms with Crippen molar-refractivity contribution in [3.05, 3.63) is 194 Å². The van der Waals surface area contributed by atoms with Crippen LogP contribution in [-0.4, -0.2) is 19.5 Å². The summed E-state index contributed by atoms with van der Waals surface area (Å²) in [5.74, 6) is 1.92. The molecule has 0 atom stereocenters. The van der Waals surface area contributed by atoms with Crippen molar-refractivity contribution in [2.45, 2.75) is 0 Å². The summed E-state index contributed by atoms with van der Waals surface area (Å²) in [4.78, 5) is 15.5. The summed E-state index contributed by atoms with van der Waals surface area (Å²) in [5.41, 5.74) is 8.72. The highest BCUT2D eigenvalue weighted by Gasteiger charge is 2.18. The van der Waals surface area contributed by atoms with Crippen LogP contribution in [0.4, 0.5) is 0 Å². The zero-order valence-corrected chi connectivity index (χ0v) is 32.0. The second kappa shape index (κ2) is 13.1. The van der Waals surface area contributed by atoms with Gasteiger partial charge in [-0.2, -0.15) is 0 Å². The van der Waals surface area contributed by atoms with Gasteiger partial charge in [-0.3, -0.25) is 0 Å². The van der Waals surface area contributed by atoms with Gasteiger partial charge in [-0.15, -0.1) is 11.3 Å². The predicted octanol–water partition coefficient (Wildman–Crippen LogP) is 14.3. The van der Waals surface area contributed by atoms with E-state index in [0.29, 0.717) is 17.5 Å². The number of fused-ring (bicyclic) bond motifs is 8. The maximum absolute atomic E-state index is 5.22. The largest absolute Gasteiger partial charge is 0.309 e. The Morgan fingerprint density at radius 2 is 0.931 bits per heavy atom. The Hall–Kier alpha value is -7.47. The van der Waals surface area contributed by atoms with Crippen molar-refractivity contribution in [3.8, 4) is 51.0 Å². The first kappa shape index (κ1) is 32.7. The normalized spacial score (nSPS) is 11.8. The topological polar surface area (TPSA) is 43.6 Å². The summed E-state index contributed by atoms with van der Waals surface area (Å²) in [6.07, 6.45) is 0. The minimum Gasteiger partial charge on any atom is -0.309 e. The molecule has 3 aromatic heterocycles. The number of aromatic nitrogens is 4. The predicted molar refractivity (Wildman–Crippen MR) is 244 cm³/mol. The fourth-order valence-electron chi connectivity index (χ4n) is 8.71. The number of benzene rings is 9. The van der Waals surface area contributed by atoms with Crippen LogP contribution in [0.3, 0.4) is 0 Å². The van der Waals surface area contributed by atoms with Crippen molar-refractivity contribution in [3.63, 3.8) is 0 Å². The Morgan fingerprint density at radius 1 is 0.345 bits per heavy atom. The third-order valence-electron chi connectivity index (χ3n) is 11.4. The lowest BCUT2D eigenvalue weighted by atomic mass is 9.92. The molecule has 9 aromatic carbocycles. The molecule has 0 aliphatic heterocycles. The van der Waals surface area contributed by atoms with Crippen LogP contribution >= 0.6 is 11.3 Å². The Kier molecular flexibility index (Phi) is 7.37. The summed E-state index contributed by atoms with van der Waals surface area (Å²) < 4.78 is 4.94. The quantitative estimate of drug-likeness (QED) is 0.176. The van der Waals surface area contributed by atoms with Crippen molar-refractivity contribution in [1.82, 2.24) is 19.5 Å². The highest BCUT2D eigenvalue weighted by molar-refractivity contribution is 7.26. The van der Waals surface area contributed by atoms with Crippen molar-refractivity contribution < 1.29 is 0 Å². The van der Waals surface area contributed by atoms with Crippen LogP contribution < -0.4 is 0 Å². The average molecular weight is 757 g/mol. The first-order valence-corrected chi connectivity index (χ1v) is 20.3. The smallest absolute Gasteiger partial charge is 0.164 e. The SMILES string of the molecule is c1ccc(-c2nc(-c3ccc4ccc(-c5c6ccccc6cc6sc7ccccc7c56)cc4c3)nc(-c3ccc4c(c3)c3ccccc3n4-c3ccccc3)n2)cc1. The van der Waals surface area contributed by atoms with Gasteiger partial charge in [0.25, 0.3) is 0 Å². The number of nitrogens with zero attached hydrogens (tertiary/aromatic N) is 4. The molecule has 12 aromatic rings. The van der Waals surface area contributed by atoms with Crippen LogP contribution in [0.5, 0.6) is 0 Å². The summed E-state index contributed by atoms with van der Waals surface area (Å²) in [5, 5.41) is 9.75. The van der Waals surface area contributed by atoms with E-state index in [9.17, 15) is 0 Å². The molecular formula is C53H32N4S. The van der Waals surface area contributed by atoms with E-state index in [0.717, 1.165) is 49.6 Å². The minimum absolute atomic E-state index is 0.638. The number of rotatable bonds is 5. The molecule has 5 heteroatoms. The number of hydrogen-bond acceptors (Lipinski definition) is 4. The Morgan fingerprint density at radius 3 is 1.74 bits per heavy atom. The first-order chi connectivity index (χ1) is 28.7. The summed E-state index contributed by atoms with van der Waals surface area (Å²) in [6.45, 7) is 0. The maximum Gasteiger partial charge on any atom is 0.164 e. The fourth-order valence-corrected chi connectivity index (χ4v) is 9.87. The van der Waals surface area contributed by atoms with E-state index >= 15 is 0 Å². The highest BCUT2D eigenvalue weighted by Crippen LogP contribution is 2.45. The molecule has 0 saturated carbocycles. The van der Waals surface area contributed by atoms with Crippen LogP contribution in [0.25, 0.3) is 115 Å². The number of hydrogen-bond donors (Lipinski definition) is 0.